The molecule has 0 radical (unpaired) electrons. The van der Waals surface area contributed by atoms with Crippen molar-refractivity contribution in [1.29, 1.82) is 0 Å². The predicted octanol–water partition coefficient (Wildman–Crippen LogP) is 1.77. The largest absolute Gasteiger partial charge is 0.375 e. The predicted molar refractivity (Wildman–Crippen MR) is 69.2 cm³/mol. The smallest absolute Gasteiger partial charge is 0.0731 e. The van der Waals surface area contributed by atoms with E-state index in [2.05, 4.69) is 17.3 Å². The molecule has 0 amide bonds. The number of nitrogens with one attached hydrogen (secondary N) is 1. The Morgan fingerprint density at radius 3 is 2.71 bits per heavy atom. The Kier molecular flexibility index (Phi) is 3.69. The third-order valence-corrected chi connectivity index (χ3v) is 5.05. The van der Waals surface area contributed by atoms with Gasteiger partial charge in [0.05, 0.1) is 12.7 Å². The Labute approximate surface area is 105 Å². The van der Waals surface area contributed by atoms with Crippen molar-refractivity contribution in [2.24, 2.45) is 0 Å². The van der Waals surface area contributed by atoms with E-state index in [4.69, 9.17) is 4.74 Å². The quantitative estimate of drug-likeness (QED) is 0.793. The molecule has 0 aromatic rings. The summed E-state index contributed by atoms with van der Waals surface area (Å²) in [4.78, 5) is 2.79. The van der Waals surface area contributed by atoms with Gasteiger partial charge in [0.15, 0.2) is 0 Å². The van der Waals surface area contributed by atoms with E-state index in [1.54, 1.807) is 0 Å². The molecule has 2 aliphatic carbocycles. The summed E-state index contributed by atoms with van der Waals surface area (Å²) in [5.74, 6) is 0. The fraction of sp³-hybridized carbons (Fsp3) is 1.00. The van der Waals surface area contributed by atoms with Crippen LogP contribution in [0.4, 0.5) is 0 Å². The summed E-state index contributed by atoms with van der Waals surface area (Å²) >= 11 is 0. The van der Waals surface area contributed by atoms with Crippen molar-refractivity contribution in [3.8, 4) is 0 Å². The third-order valence-electron chi connectivity index (χ3n) is 5.05. The molecule has 98 valence electrons. The number of rotatable bonds is 2. The Morgan fingerprint density at radius 2 is 1.82 bits per heavy atom. The minimum Gasteiger partial charge on any atom is -0.375 e. The van der Waals surface area contributed by atoms with E-state index >= 15 is 0 Å². The van der Waals surface area contributed by atoms with Gasteiger partial charge in [-0.3, -0.25) is 4.90 Å². The topological polar surface area (TPSA) is 24.5 Å². The molecule has 3 fully saturated rings. The lowest BCUT2D eigenvalue weighted by Crippen LogP contribution is -2.59. The van der Waals surface area contributed by atoms with Crippen LogP contribution >= 0.6 is 0 Å². The number of hydrogen-bond donors (Lipinski definition) is 1. The van der Waals surface area contributed by atoms with Gasteiger partial charge in [0.2, 0.25) is 0 Å². The maximum absolute atomic E-state index is 5.98. The first-order valence-corrected chi connectivity index (χ1v) is 7.45. The van der Waals surface area contributed by atoms with Crippen molar-refractivity contribution < 1.29 is 4.74 Å². The Hall–Kier alpha value is -0.120. The standard InChI is InChI=1S/C14H26N2O/c1-15-11-5-4-7-12(11)16-9-10-17-14-8-3-2-6-13(14)16/h11-15H,2-10H2,1H3. The lowest BCUT2D eigenvalue weighted by molar-refractivity contribution is -0.104. The molecule has 0 aromatic carbocycles. The fourth-order valence-electron chi connectivity index (χ4n) is 4.21. The van der Waals surface area contributed by atoms with Gasteiger partial charge in [-0.25, -0.2) is 0 Å². The van der Waals surface area contributed by atoms with E-state index in [0.29, 0.717) is 6.10 Å². The normalized spacial score (nSPS) is 43.6. The molecule has 4 atom stereocenters. The minimum atomic E-state index is 0.538. The van der Waals surface area contributed by atoms with E-state index in [-0.39, 0.29) is 0 Å². The summed E-state index contributed by atoms with van der Waals surface area (Å²) in [6.07, 6.45) is 10.1. The van der Waals surface area contributed by atoms with Crippen LogP contribution in [0.25, 0.3) is 0 Å². The maximum atomic E-state index is 5.98. The summed E-state index contributed by atoms with van der Waals surface area (Å²) in [5, 5.41) is 3.52. The van der Waals surface area contributed by atoms with Gasteiger partial charge in [0.1, 0.15) is 0 Å². The molecule has 0 aromatic heterocycles. The van der Waals surface area contributed by atoms with E-state index in [9.17, 15) is 0 Å². The van der Waals surface area contributed by atoms with Gasteiger partial charge in [0.25, 0.3) is 0 Å². The molecule has 3 aliphatic rings. The second-order valence-electron chi connectivity index (χ2n) is 5.89. The molecular formula is C14H26N2O. The molecule has 1 heterocycles. The minimum absolute atomic E-state index is 0.538. The first kappa shape index (κ1) is 11.9. The number of hydrogen-bond acceptors (Lipinski definition) is 3. The van der Waals surface area contributed by atoms with Crippen molar-refractivity contribution in [2.45, 2.75) is 69.2 Å². The third kappa shape index (κ3) is 2.25. The summed E-state index contributed by atoms with van der Waals surface area (Å²) in [5.41, 5.74) is 0. The molecule has 0 bridgehead atoms. The van der Waals surface area contributed by atoms with Crippen LogP contribution in [0.5, 0.6) is 0 Å². The summed E-state index contributed by atoms with van der Waals surface area (Å²) in [7, 11) is 2.13. The highest BCUT2D eigenvalue weighted by Crippen LogP contribution is 2.34. The Bertz CT molecular complexity index is 255. The van der Waals surface area contributed by atoms with Crippen molar-refractivity contribution in [3.05, 3.63) is 0 Å². The average molecular weight is 238 g/mol. The van der Waals surface area contributed by atoms with E-state index in [1.165, 1.54) is 44.9 Å². The second kappa shape index (κ2) is 5.25. The van der Waals surface area contributed by atoms with Crippen molar-refractivity contribution >= 4 is 0 Å². The summed E-state index contributed by atoms with van der Waals surface area (Å²) < 4.78 is 5.98. The Morgan fingerprint density at radius 1 is 1.00 bits per heavy atom. The zero-order valence-electron chi connectivity index (χ0n) is 11.0. The van der Waals surface area contributed by atoms with Crippen molar-refractivity contribution in [2.75, 3.05) is 20.2 Å². The molecule has 1 saturated heterocycles. The van der Waals surface area contributed by atoms with Crippen molar-refractivity contribution in [1.82, 2.24) is 10.2 Å². The number of ether oxygens (including phenoxy) is 1. The maximum Gasteiger partial charge on any atom is 0.0731 e. The molecule has 3 heteroatoms. The highest BCUT2D eigenvalue weighted by molar-refractivity contribution is 4.97. The lowest BCUT2D eigenvalue weighted by atomic mass is 9.88. The van der Waals surface area contributed by atoms with Gasteiger partial charge in [-0.2, -0.15) is 0 Å². The molecule has 3 nitrogen and oxygen atoms in total. The van der Waals surface area contributed by atoms with Crippen LogP contribution in [0.2, 0.25) is 0 Å². The molecule has 4 unspecified atom stereocenters. The first-order chi connectivity index (χ1) is 8.40. The van der Waals surface area contributed by atoms with Gasteiger partial charge < -0.3 is 10.1 Å². The average Bonchev–Trinajstić information content (AvgIpc) is 2.86. The van der Waals surface area contributed by atoms with Crippen LogP contribution < -0.4 is 5.32 Å². The fourth-order valence-corrected chi connectivity index (χ4v) is 4.21. The first-order valence-electron chi connectivity index (χ1n) is 7.45. The lowest BCUT2D eigenvalue weighted by Gasteiger charge is -2.47. The van der Waals surface area contributed by atoms with Crippen LogP contribution in [0, 0.1) is 0 Å². The molecule has 0 spiro atoms. The summed E-state index contributed by atoms with van der Waals surface area (Å²) in [6, 6.07) is 2.21. The zero-order valence-corrected chi connectivity index (χ0v) is 11.0. The second-order valence-corrected chi connectivity index (χ2v) is 5.89. The van der Waals surface area contributed by atoms with Crippen LogP contribution in [0.15, 0.2) is 0 Å². The van der Waals surface area contributed by atoms with Gasteiger partial charge >= 0.3 is 0 Å². The van der Waals surface area contributed by atoms with Gasteiger partial charge in [0, 0.05) is 24.7 Å². The molecule has 3 rings (SSSR count). The summed E-state index contributed by atoms with van der Waals surface area (Å²) in [6.45, 7) is 2.11. The highest BCUT2D eigenvalue weighted by atomic mass is 16.5. The SMILES string of the molecule is CNC1CCCC1N1CCOC2CCCCC21. The van der Waals surface area contributed by atoms with E-state index < -0.39 is 0 Å². The monoisotopic (exact) mass is 238 g/mol. The molecular weight excluding hydrogens is 212 g/mol. The molecule has 1 aliphatic heterocycles. The van der Waals surface area contributed by atoms with Crippen LogP contribution in [0.1, 0.15) is 44.9 Å². The highest BCUT2D eigenvalue weighted by Gasteiger charge is 2.41. The van der Waals surface area contributed by atoms with Crippen LogP contribution in [-0.4, -0.2) is 49.3 Å². The Balaban J connectivity index is 1.72. The van der Waals surface area contributed by atoms with Crippen LogP contribution in [-0.2, 0) is 4.74 Å². The number of fused-ring (bicyclic) bond motifs is 1. The number of morpholine rings is 1. The number of likely N-dealkylation sites (N-methyl/N-ethyl adjacent to an activating group) is 1. The number of nitrogens with zero attached hydrogens (tertiary/aromatic N) is 1. The van der Waals surface area contributed by atoms with Gasteiger partial charge in [-0.05, 0) is 32.7 Å². The van der Waals surface area contributed by atoms with Gasteiger partial charge in [-0.1, -0.05) is 19.3 Å². The van der Waals surface area contributed by atoms with E-state index in [0.717, 1.165) is 31.3 Å². The zero-order chi connectivity index (χ0) is 11.7. The van der Waals surface area contributed by atoms with Gasteiger partial charge in [-0.15, -0.1) is 0 Å². The molecule has 1 N–H and O–H groups in total. The molecule has 17 heavy (non-hydrogen) atoms. The van der Waals surface area contributed by atoms with Crippen molar-refractivity contribution in [3.63, 3.8) is 0 Å². The van der Waals surface area contributed by atoms with Crippen LogP contribution in [0.3, 0.4) is 0 Å². The van der Waals surface area contributed by atoms with E-state index in [1.807, 2.05) is 0 Å². The molecule has 2 saturated carbocycles.